The van der Waals surface area contributed by atoms with Gasteiger partial charge in [0.15, 0.2) is 0 Å². The fraction of sp³-hybridized carbons (Fsp3) is 0.500. The van der Waals surface area contributed by atoms with Crippen LogP contribution in [-0.4, -0.2) is 28.7 Å². The van der Waals surface area contributed by atoms with E-state index in [1.165, 1.54) is 0 Å². The van der Waals surface area contributed by atoms with Crippen molar-refractivity contribution in [3.05, 3.63) is 11.5 Å². The average Bonchev–Trinajstić information content (AvgIpc) is 2.46. The SMILES string of the molecule is OB(O)c1nc2c(o1)CCNC2. The van der Waals surface area contributed by atoms with E-state index < -0.39 is 7.12 Å². The third kappa shape index (κ3) is 1.24. The van der Waals surface area contributed by atoms with E-state index in [-0.39, 0.29) is 5.79 Å². The summed E-state index contributed by atoms with van der Waals surface area (Å²) >= 11 is 0. The molecule has 0 aliphatic carbocycles. The predicted octanol–water partition coefficient (Wildman–Crippen LogP) is -2.00. The van der Waals surface area contributed by atoms with Gasteiger partial charge in [-0.05, 0) is 0 Å². The van der Waals surface area contributed by atoms with Crippen LogP contribution in [0.5, 0.6) is 0 Å². The molecule has 1 aromatic heterocycles. The van der Waals surface area contributed by atoms with Gasteiger partial charge in [0, 0.05) is 19.5 Å². The average molecular weight is 168 g/mol. The maximum atomic E-state index is 8.75. The first-order chi connectivity index (χ1) is 5.77. The fourth-order valence-corrected chi connectivity index (χ4v) is 1.26. The zero-order valence-corrected chi connectivity index (χ0v) is 6.45. The Labute approximate surface area is 69.6 Å². The summed E-state index contributed by atoms with van der Waals surface area (Å²) in [5.74, 6) is 0.751. The van der Waals surface area contributed by atoms with Gasteiger partial charge in [-0.15, -0.1) is 0 Å². The highest BCUT2D eigenvalue weighted by atomic mass is 16.4. The van der Waals surface area contributed by atoms with E-state index in [4.69, 9.17) is 14.5 Å². The van der Waals surface area contributed by atoms with Crippen LogP contribution in [0.2, 0.25) is 0 Å². The summed E-state index contributed by atoms with van der Waals surface area (Å²) < 4.78 is 5.12. The zero-order chi connectivity index (χ0) is 8.55. The predicted molar refractivity (Wildman–Crippen MR) is 41.7 cm³/mol. The number of aromatic nitrogens is 1. The Balaban J connectivity index is 2.32. The maximum Gasteiger partial charge on any atom is 0.548 e. The molecule has 0 amide bonds. The van der Waals surface area contributed by atoms with Gasteiger partial charge < -0.3 is 19.8 Å². The van der Waals surface area contributed by atoms with Crippen molar-refractivity contribution in [3.63, 3.8) is 0 Å². The highest BCUT2D eigenvalue weighted by Crippen LogP contribution is 2.09. The molecule has 0 saturated carbocycles. The van der Waals surface area contributed by atoms with E-state index in [0.717, 1.165) is 24.4 Å². The van der Waals surface area contributed by atoms with Crippen molar-refractivity contribution in [3.8, 4) is 0 Å². The molecule has 0 spiro atoms. The second-order valence-corrected chi connectivity index (χ2v) is 2.72. The van der Waals surface area contributed by atoms with Crippen molar-refractivity contribution in [1.82, 2.24) is 10.3 Å². The van der Waals surface area contributed by atoms with E-state index >= 15 is 0 Å². The number of oxazole rings is 1. The molecular weight excluding hydrogens is 159 g/mol. The lowest BCUT2D eigenvalue weighted by Crippen LogP contribution is -2.31. The lowest BCUT2D eigenvalue weighted by molar-refractivity contribution is 0.400. The molecule has 1 aliphatic rings. The summed E-state index contributed by atoms with van der Waals surface area (Å²) in [5, 5.41) is 20.6. The van der Waals surface area contributed by atoms with Crippen molar-refractivity contribution in [2.45, 2.75) is 13.0 Å². The summed E-state index contributed by atoms with van der Waals surface area (Å²) in [4.78, 5) is 3.92. The Morgan fingerprint density at radius 3 is 3.00 bits per heavy atom. The minimum absolute atomic E-state index is 0.0105. The molecule has 0 saturated heterocycles. The summed E-state index contributed by atoms with van der Waals surface area (Å²) in [5.41, 5.74) is 0.782. The largest absolute Gasteiger partial charge is 0.548 e. The van der Waals surface area contributed by atoms with Crippen molar-refractivity contribution in [2.24, 2.45) is 0 Å². The smallest absolute Gasteiger partial charge is 0.448 e. The molecule has 6 heteroatoms. The van der Waals surface area contributed by atoms with Crippen LogP contribution in [0.15, 0.2) is 4.42 Å². The standard InChI is InChI=1S/C6H9BN2O3/c10-7(11)6-9-4-3-8-2-1-5(4)12-6/h8,10-11H,1-3H2. The monoisotopic (exact) mass is 168 g/mol. The number of fused-ring (bicyclic) bond motifs is 1. The molecule has 3 N–H and O–H groups in total. The highest BCUT2D eigenvalue weighted by Gasteiger charge is 2.23. The molecule has 0 aromatic carbocycles. The van der Waals surface area contributed by atoms with Crippen LogP contribution in [0.1, 0.15) is 11.5 Å². The molecule has 64 valence electrons. The second kappa shape index (κ2) is 2.89. The van der Waals surface area contributed by atoms with Gasteiger partial charge in [0.1, 0.15) is 5.76 Å². The molecule has 0 fully saturated rings. The van der Waals surface area contributed by atoms with Gasteiger partial charge >= 0.3 is 7.12 Å². The summed E-state index contributed by atoms with van der Waals surface area (Å²) in [6, 6.07) is 0. The Morgan fingerprint density at radius 1 is 1.50 bits per heavy atom. The Morgan fingerprint density at radius 2 is 2.33 bits per heavy atom. The zero-order valence-electron chi connectivity index (χ0n) is 6.45. The van der Waals surface area contributed by atoms with Crippen LogP contribution in [0.3, 0.4) is 0 Å². The number of nitrogens with zero attached hydrogens (tertiary/aromatic N) is 1. The fourth-order valence-electron chi connectivity index (χ4n) is 1.26. The van der Waals surface area contributed by atoms with Gasteiger partial charge in [0.05, 0.1) is 5.69 Å². The minimum Gasteiger partial charge on any atom is -0.448 e. The molecule has 0 bridgehead atoms. The molecule has 12 heavy (non-hydrogen) atoms. The highest BCUT2D eigenvalue weighted by molar-refractivity contribution is 6.55. The van der Waals surface area contributed by atoms with Crippen molar-refractivity contribution in [2.75, 3.05) is 6.54 Å². The Bertz CT molecular complexity index is 263. The van der Waals surface area contributed by atoms with Gasteiger partial charge in [-0.25, -0.2) is 4.98 Å². The third-order valence-electron chi connectivity index (χ3n) is 1.84. The lowest BCUT2D eigenvalue weighted by atomic mass is 9.93. The van der Waals surface area contributed by atoms with Crippen molar-refractivity contribution < 1.29 is 14.5 Å². The molecule has 0 unspecified atom stereocenters. The van der Waals surface area contributed by atoms with Crippen LogP contribution < -0.4 is 11.1 Å². The van der Waals surface area contributed by atoms with E-state index in [1.807, 2.05) is 0 Å². The van der Waals surface area contributed by atoms with E-state index in [2.05, 4.69) is 10.3 Å². The van der Waals surface area contributed by atoms with E-state index in [9.17, 15) is 0 Å². The van der Waals surface area contributed by atoms with Gasteiger partial charge in [0.25, 0.3) is 0 Å². The number of hydrogen-bond acceptors (Lipinski definition) is 5. The summed E-state index contributed by atoms with van der Waals surface area (Å²) in [6.07, 6.45) is 0.759. The molecule has 1 aromatic rings. The van der Waals surface area contributed by atoms with Gasteiger partial charge in [-0.2, -0.15) is 0 Å². The molecule has 5 nitrogen and oxygen atoms in total. The number of nitrogens with one attached hydrogen (secondary N) is 1. The number of rotatable bonds is 1. The second-order valence-electron chi connectivity index (χ2n) is 2.72. The first kappa shape index (κ1) is 7.79. The number of hydrogen-bond donors (Lipinski definition) is 3. The maximum absolute atomic E-state index is 8.75. The van der Waals surface area contributed by atoms with E-state index in [0.29, 0.717) is 6.54 Å². The molecule has 2 heterocycles. The summed E-state index contributed by atoms with van der Waals surface area (Å²) in [7, 11) is -1.60. The van der Waals surface area contributed by atoms with Crippen LogP contribution in [0.25, 0.3) is 0 Å². The van der Waals surface area contributed by atoms with Crippen LogP contribution >= 0.6 is 0 Å². The molecule has 0 radical (unpaired) electrons. The molecule has 1 aliphatic heterocycles. The first-order valence-corrected chi connectivity index (χ1v) is 3.82. The van der Waals surface area contributed by atoms with E-state index in [1.54, 1.807) is 0 Å². The van der Waals surface area contributed by atoms with Gasteiger partial charge in [-0.1, -0.05) is 0 Å². The van der Waals surface area contributed by atoms with Gasteiger partial charge in [0.2, 0.25) is 5.79 Å². The molecule has 2 rings (SSSR count). The Kier molecular flexibility index (Phi) is 1.88. The normalized spacial score (nSPS) is 15.8. The lowest BCUT2D eigenvalue weighted by Gasteiger charge is -2.08. The van der Waals surface area contributed by atoms with Crippen molar-refractivity contribution in [1.29, 1.82) is 0 Å². The van der Waals surface area contributed by atoms with Crippen LogP contribution in [-0.2, 0) is 13.0 Å². The topological polar surface area (TPSA) is 78.5 Å². The van der Waals surface area contributed by atoms with Crippen LogP contribution in [0.4, 0.5) is 0 Å². The molecular formula is C6H9BN2O3. The quantitative estimate of drug-likeness (QED) is 0.422. The van der Waals surface area contributed by atoms with Crippen molar-refractivity contribution >= 4 is 12.9 Å². The first-order valence-electron chi connectivity index (χ1n) is 3.82. The van der Waals surface area contributed by atoms with Crippen LogP contribution in [0, 0.1) is 0 Å². The minimum atomic E-state index is -1.60. The summed E-state index contributed by atoms with van der Waals surface area (Å²) in [6.45, 7) is 1.49. The van der Waals surface area contributed by atoms with Gasteiger partial charge in [-0.3, -0.25) is 0 Å². The molecule has 0 atom stereocenters. The Hall–Kier alpha value is -0.845. The third-order valence-corrected chi connectivity index (χ3v) is 1.84.